The van der Waals surface area contributed by atoms with E-state index in [9.17, 15) is 9.59 Å². The van der Waals surface area contributed by atoms with Crippen molar-refractivity contribution in [2.45, 2.75) is 19.4 Å². The van der Waals surface area contributed by atoms with E-state index in [0.717, 1.165) is 43.9 Å². The smallest absolute Gasteiger partial charge is 0.275 e. The normalized spacial score (nSPS) is 15.3. The molecule has 0 atom stereocenters. The van der Waals surface area contributed by atoms with Crippen molar-refractivity contribution in [2.24, 2.45) is 0 Å². The second-order valence-corrected chi connectivity index (χ2v) is 7.12. The van der Waals surface area contributed by atoms with Crippen LogP contribution in [0.4, 0.5) is 0 Å². The van der Waals surface area contributed by atoms with Gasteiger partial charge in [-0.05, 0) is 30.7 Å². The Morgan fingerprint density at radius 2 is 1.75 bits per heavy atom. The first kappa shape index (κ1) is 18.7. The lowest BCUT2D eigenvalue weighted by Crippen LogP contribution is -2.41. The summed E-state index contributed by atoms with van der Waals surface area (Å²) in [6, 6.07) is 11.6. The SMILES string of the molecule is O=C(CCCn1c(=O)c2cccn2c2ccccc21)NCCN1CCOCC1. The number of nitrogens with zero attached hydrogens (tertiary/aromatic N) is 3. The third kappa shape index (κ3) is 3.95. The van der Waals surface area contributed by atoms with E-state index in [1.54, 1.807) is 4.57 Å². The van der Waals surface area contributed by atoms with Crippen LogP contribution in [0.5, 0.6) is 0 Å². The van der Waals surface area contributed by atoms with Gasteiger partial charge < -0.3 is 19.0 Å². The predicted octanol–water partition coefficient (Wildman–Crippen LogP) is 1.48. The molecule has 2 aromatic heterocycles. The number of morpholine rings is 1. The number of para-hydroxylation sites is 2. The van der Waals surface area contributed by atoms with Crippen LogP contribution in [-0.4, -0.2) is 59.2 Å². The number of fused-ring (bicyclic) bond motifs is 3. The van der Waals surface area contributed by atoms with Gasteiger partial charge in [0.1, 0.15) is 5.52 Å². The van der Waals surface area contributed by atoms with Crippen LogP contribution in [0, 0.1) is 0 Å². The van der Waals surface area contributed by atoms with Crippen molar-refractivity contribution in [3.05, 3.63) is 52.9 Å². The molecule has 1 fully saturated rings. The van der Waals surface area contributed by atoms with Gasteiger partial charge in [-0.1, -0.05) is 12.1 Å². The van der Waals surface area contributed by atoms with E-state index >= 15 is 0 Å². The first-order valence-electron chi connectivity index (χ1n) is 9.89. The first-order chi connectivity index (χ1) is 13.7. The van der Waals surface area contributed by atoms with Crippen molar-refractivity contribution in [1.29, 1.82) is 0 Å². The van der Waals surface area contributed by atoms with Crippen LogP contribution < -0.4 is 10.9 Å². The lowest BCUT2D eigenvalue weighted by Gasteiger charge is -2.26. The molecular weight excluding hydrogens is 356 g/mol. The molecule has 4 rings (SSSR count). The fourth-order valence-electron chi connectivity index (χ4n) is 3.80. The molecule has 0 saturated carbocycles. The zero-order valence-electron chi connectivity index (χ0n) is 16.0. The van der Waals surface area contributed by atoms with Crippen LogP contribution in [0.3, 0.4) is 0 Å². The van der Waals surface area contributed by atoms with Gasteiger partial charge in [-0.2, -0.15) is 0 Å². The summed E-state index contributed by atoms with van der Waals surface area (Å²) in [5.74, 6) is 0.0365. The van der Waals surface area contributed by atoms with Crippen molar-refractivity contribution in [2.75, 3.05) is 39.4 Å². The summed E-state index contributed by atoms with van der Waals surface area (Å²) in [6.07, 6.45) is 2.95. The molecule has 3 heterocycles. The molecule has 148 valence electrons. The number of ether oxygens (including phenoxy) is 1. The van der Waals surface area contributed by atoms with Gasteiger partial charge in [-0.25, -0.2) is 0 Å². The van der Waals surface area contributed by atoms with Crippen LogP contribution >= 0.6 is 0 Å². The molecule has 1 saturated heterocycles. The number of hydrogen-bond acceptors (Lipinski definition) is 4. The topological polar surface area (TPSA) is 68.0 Å². The lowest BCUT2D eigenvalue weighted by molar-refractivity contribution is -0.121. The molecular formula is C21H26N4O3. The van der Waals surface area contributed by atoms with Gasteiger partial charge in [-0.3, -0.25) is 14.5 Å². The van der Waals surface area contributed by atoms with Crippen LogP contribution in [-0.2, 0) is 16.1 Å². The minimum Gasteiger partial charge on any atom is -0.379 e. The number of carbonyl (C=O) groups is 1. The molecule has 7 heteroatoms. The second-order valence-electron chi connectivity index (χ2n) is 7.12. The number of nitrogens with one attached hydrogen (secondary N) is 1. The Bertz CT molecular complexity index is 1020. The van der Waals surface area contributed by atoms with Crippen LogP contribution in [0.2, 0.25) is 0 Å². The zero-order valence-corrected chi connectivity index (χ0v) is 16.0. The Balaban J connectivity index is 1.35. The number of rotatable bonds is 7. The van der Waals surface area contributed by atoms with Crippen molar-refractivity contribution in [3.63, 3.8) is 0 Å². The molecule has 28 heavy (non-hydrogen) atoms. The van der Waals surface area contributed by atoms with E-state index in [-0.39, 0.29) is 11.5 Å². The molecule has 0 bridgehead atoms. The molecule has 0 radical (unpaired) electrons. The van der Waals surface area contributed by atoms with Gasteiger partial charge in [0, 0.05) is 45.3 Å². The van der Waals surface area contributed by atoms with Gasteiger partial charge in [0.15, 0.2) is 0 Å². The van der Waals surface area contributed by atoms with Crippen LogP contribution in [0.25, 0.3) is 16.6 Å². The summed E-state index contributed by atoms with van der Waals surface area (Å²) in [6.45, 7) is 5.41. The van der Waals surface area contributed by atoms with E-state index < -0.39 is 0 Å². The highest BCUT2D eigenvalue weighted by Gasteiger charge is 2.12. The average Bonchev–Trinajstić information content (AvgIpc) is 3.22. The number of aryl methyl sites for hydroxylation is 1. The highest BCUT2D eigenvalue weighted by atomic mass is 16.5. The van der Waals surface area contributed by atoms with Gasteiger partial charge in [0.2, 0.25) is 5.91 Å². The van der Waals surface area contributed by atoms with Gasteiger partial charge in [0.25, 0.3) is 5.56 Å². The third-order valence-corrected chi connectivity index (χ3v) is 5.28. The lowest BCUT2D eigenvalue weighted by atomic mass is 10.2. The first-order valence-corrected chi connectivity index (χ1v) is 9.89. The summed E-state index contributed by atoms with van der Waals surface area (Å²) < 4.78 is 9.03. The maximum atomic E-state index is 12.9. The summed E-state index contributed by atoms with van der Waals surface area (Å²) in [7, 11) is 0. The number of carbonyl (C=O) groups excluding carboxylic acids is 1. The fourth-order valence-corrected chi connectivity index (χ4v) is 3.80. The van der Waals surface area contributed by atoms with Crippen molar-refractivity contribution in [1.82, 2.24) is 19.2 Å². The molecule has 0 aliphatic carbocycles. The van der Waals surface area contributed by atoms with Crippen molar-refractivity contribution >= 4 is 22.5 Å². The summed E-state index contributed by atoms with van der Waals surface area (Å²) >= 11 is 0. The Morgan fingerprint density at radius 3 is 2.57 bits per heavy atom. The average molecular weight is 382 g/mol. The van der Waals surface area contributed by atoms with E-state index in [1.807, 2.05) is 47.0 Å². The summed E-state index contributed by atoms with van der Waals surface area (Å²) in [4.78, 5) is 27.3. The molecule has 0 spiro atoms. The summed E-state index contributed by atoms with van der Waals surface area (Å²) in [5, 5.41) is 2.98. The highest BCUT2D eigenvalue weighted by Crippen LogP contribution is 2.15. The Hall–Kier alpha value is -2.64. The zero-order chi connectivity index (χ0) is 19.3. The molecule has 3 aromatic rings. The Morgan fingerprint density at radius 1 is 1.00 bits per heavy atom. The number of amides is 1. The number of aromatic nitrogens is 2. The molecule has 1 aliphatic heterocycles. The predicted molar refractivity (Wildman–Crippen MR) is 109 cm³/mol. The minimum absolute atomic E-state index is 0.0172. The van der Waals surface area contributed by atoms with Gasteiger partial charge in [0.05, 0.1) is 24.2 Å². The minimum atomic E-state index is -0.0172. The Kier molecular flexibility index (Phi) is 5.73. The van der Waals surface area contributed by atoms with Crippen molar-refractivity contribution < 1.29 is 9.53 Å². The second kappa shape index (κ2) is 8.58. The fraction of sp³-hybridized carbons (Fsp3) is 0.429. The van der Waals surface area contributed by atoms with Gasteiger partial charge in [-0.15, -0.1) is 0 Å². The maximum Gasteiger partial charge on any atom is 0.275 e. The Labute approximate surface area is 163 Å². The number of hydrogen-bond donors (Lipinski definition) is 1. The van der Waals surface area contributed by atoms with E-state index in [0.29, 0.717) is 31.4 Å². The van der Waals surface area contributed by atoms with Crippen molar-refractivity contribution in [3.8, 4) is 0 Å². The summed E-state index contributed by atoms with van der Waals surface area (Å²) in [5.41, 5.74) is 2.53. The maximum absolute atomic E-state index is 12.9. The molecule has 7 nitrogen and oxygen atoms in total. The molecule has 1 aromatic carbocycles. The molecule has 0 unspecified atom stereocenters. The molecule has 1 N–H and O–H groups in total. The number of benzene rings is 1. The quantitative estimate of drug-likeness (QED) is 0.672. The van der Waals surface area contributed by atoms with E-state index in [2.05, 4.69) is 10.2 Å². The molecule has 1 amide bonds. The largest absolute Gasteiger partial charge is 0.379 e. The monoisotopic (exact) mass is 382 g/mol. The van der Waals surface area contributed by atoms with Crippen LogP contribution in [0.15, 0.2) is 47.4 Å². The van der Waals surface area contributed by atoms with E-state index in [4.69, 9.17) is 4.74 Å². The molecule has 1 aliphatic rings. The third-order valence-electron chi connectivity index (χ3n) is 5.28. The highest BCUT2D eigenvalue weighted by molar-refractivity contribution is 5.79. The van der Waals surface area contributed by atoms with Gasteiger partial charge >= 0.3 is 0 Å². The van der Waals surface area contributed by atoms with Crippen LogP contribution in [0.1, 0.15) is 12.8 Å². The standard InChI is InChI=1S/C21H26N4O3/c26-20(22-9-12-23-13-15-28-16-14-23)8-4-11-25-18-6-2-1-5-17(18)24-10-3-7-19(24)21(25)27/h1-3,5-7,10H,4,8-9,11-16H2,(H,22,26). The van der Waals surface area contributed by atoms with E-state index in [1.165, 1.54) is 0 Å².